The van der Waals surface area contributed by atoms with Crippen molar-refractivity contribution in [3.05, 3.63) is 23.3 Å². The zero-order valence-corrected chi connectivity index (χ0v) is 7.81. The molecule has 3 heteroatoms. The maximum atomic E-state index is 10.8. The van der Waals surface area contributed by atoms with Crippen molar-refractivity contribution in [1.29, 1.82) is 0 Å². The molecule has 0 aromatic heterocycles. The molecule has 3 nitrogen and oxygen atoms in total. The van der Waals surface area contributed by atoms with E-state index in [1.165, 1.54) is 0 Å². The monoisotopic (exact) mass is 192 g/mol. The molecule has 0 bridgehead atoms. The van der Waals surface area contributed by atoms with Crippen LogP contribution in [0.5, 0.6) is 0 Å². The Kier molecular flexibility index (Phi) is 2.59. The third kappa shape index (κ3) is 1.44. The molecule has 0 fully saturated rings. The van der Waals surface area contributed by atoms with Gasteiger partial charge in [0, 0.05) is 0 Å². The summed E-state index contributed by atoms with van der Waals surface area (Å²) in [4.78, 5) is 21.6. The Balaban J connectivity index is 2.35. The minimum atomic E-state index is -0.179. The highest BCUT2D eigenvalue weighted by Gasteiger charge is 2.27. The van der Waals surface area contributed by atoms with Crippen LogP contribution >= 0.6 is 0 Å². The van der Waals surface area contributed by atoms with Crippen LogP contribution in [0.15, 0.2) is 23.3 Å². The van der Waals surface area contributed by atoms with E-state index in [1.54, 1.807) is 6.08 Å². The van der Waals surface area contributed by atoms with E-state index in [0.29, 0.717) is 13.2 Å². The van der Waals surface area contributed by atoms with Gasteiger partial charge in [-0.15, -0.1) is 0 Å². The first-order valence-corrected chi connectivity index (χ1v) is 4.75. The molecule has 0 N–H and O–H groups in total. The molecule has 2 atom stereocenters. The summed E-state index contributed by atoms with van der Waals surface area (Å²) < 4.78 is 5.30. The average Bonchev–Trinajstić information content (AvgIpc) is 2.27. The van der Waals surface area contributed by atoms with Crippen LogP contribution in [0, 0.1) is 11.8 Å². The molecule has 0 radical (unpaired) electrons. The highest BCUT2D eigenvalue weighted by atomic mass is 16.5. The topological polar surface area (TPSA) is 43.4 Å². The number of carbonyl (C=O) groups excluding carboxylic acids is 2. The summed E-state index contributed by atoms with van der Waals surface area (Å²) in [6.45, 7) is 1.15. The van der Waals surface area contributed by atoms with Crippen molar-refractivity contribution < 1.29 is 14.3 Å². The summed E-state index contributed by atoms with van der Waals surface area (Å²) in [6, 6.07) is 0. The Morgan fingerprint density at radius 3 is 2.43 bits per heavy atom. The van der Waals surface area contributed by atoms with Crippen LogP contribution in [0.3, 0.4) is 0 Å². The lowest BCUT2D eigenvalue weighted by atomic mass is 9.81. The molecule has 1 aliphatic heterocycles. The fourth-order valence-corrected chi connectivity index (χ4v) is 2.04. The van der Waals surface area contributed by atoms with E-state index in [4.69, 9.17) is 4.74 Å². The number of aldehydes is 2. The summed E-state index contributed by atoms with van der Waals surface area (Å²) in [5.74, 6) is -0.313. The third-order valence-corrected chi connectivity index (χ3v) is 2.81. The first kappa shape index (κ1) is 9.34. The third-order valence-electron chi connectivity index (χ3n) is 2.81. The molecule has 14 heavy (non-hydrogen) atoms. The predicted octanol–water partition coefficient (Wildman–Crippen LogP) is 0.903. The Morgan fingerprint density at radius 1 is 1.14 bits per heavy atom. The molecule has 1 aliphatic carbocycles. The van der Waals surface area contributed by atoms with E-state index >= 15 is 0 Å². The van der Waals surface area contributed by atoms with Gasteiger partial charge in [0.25, 0.3) is 0 Å². The summed E-state index contributed by atoms with van der Waals surface area (Å²) in [7, 11) is 0. The average molecular weight is 192 g/mol. The van der Waals surface area contributed by atoms with Gasteiger partial charge in [0.2, 0.25) is 0 Å². The molecule has 0 spiro atoms. The number of hydrogen-bond acceptors (Lipinski definition) is 3. The van der Waals surface area contributed by atoms with E-state index < -0.39 is 0 Å². The molecule has 0 aromatic carbocycles. The molecule has 2 aliphatic rings. The molecule has 2 rings (SSSR count). The lowest BCUT2D eigenvalue weighted by molar-refractivity contribution is -0.111. The quantitative estimate of drug-likeness (QED) is 0.482. The standard InChI is InChI=1S/C11H12O3/c12-5-8-1-2-9(6-13)11-7-14-4-3-10(8)11/h1-2,5-6,8-9H,3-4,7H2. The molecular weight excluding hydrogens is 180 g/mol. The van der Waals surface area contributed by atoms with Crippen LogP contribution in [0.1, 0.15) is 6.42 Å². The van der Waals surface area contributed by atoms with Gasteiger partial charge in [-0.3, -0.25) is 0 Å². The second-order valence-electron chi connectivity index (χ2n) is 3.56. The fraction of sp³-hybridized carbons (Fsp3) is 0.455. The van der Waals surface area contributed by atoms with Gasteiger partial charge in [-0.1, -0.05) is 17.7 Å². The van der Waals surface area contributed by atoms with Crippen LogP contribution < -0.4 is 0 Å². The van der Waals surface area contributed by atoms with Crippen molar-refractivity contribution in [1.82, 2.24) is 0 Å². The molecule has 0 amide bonds. The van der Waals surface area contributed by atoms with Gasteiger partial charge >= 0.3 is 0 Å². The highest BCUT2D eigenvalue weighted by Crippen LogP contribution is 2.32. The summed E-state index contributed by atoms with van der Waals surface area (Å²) in [6.07, 6.45) is 6.21. The summed E-state index contributed by atoms with van der Waals surface area (Å²) in [5.41, 5.74) is 2.08. The second-order valence-corrected chi connectivity index (χ2v) is 3.56. The van der Waals surface area contributed by atoms with Crippen molar-refractivity contribution in [2.45, 2.75) is 6.42 Å². The summed E-state index contributed by atoms with van der Waals surface area (Å²) in [5, 5.41) is 0. The van der Waals surface area contributed by atoms with E-state index in [-0.39, 0.29) is 11.8 Å². The predicted molar refractivity (Wildman–Crippen MR) is 50.7 cm³/mol. The lowest BCUT2D eigenvalue weighted by Crippen LogP contribution is -2.25. The maximum absolute atomic E-state index is 10.8. The zero-order valence-electron chi connectivity index (χ0n) is 7.81. The minimum absolute atomic E-state index is 0.134. The molecule has 0 saturated carbocycles. The minimum Gasteiger partial charge on any atom is -0.377 e. The summed E-state index contributed by atoms with van der Waals surface area (Å²) >= 11 is 0. The molecule has 2 unspecified atom stereocenters. The normalized spacial score (nSPS) is 31.1. The molecular formula is C11H12O3. The van der Waals surface area contributed by atoms with E-state index in [2.05, 4.69) is 0 Å². The lowest BCUT2D eigenvalue weighted by Gasteiger charge is -2.28. The van der Waals surface area contributed by atoms with Crippen molar-refractivity contribution in [3.8, 4) is 0 Å². The Hall–Kier alpha value is -1.22. The highest BCUT2D eigenvalue weighted by molar-refractivity contribution is 5.70. The van der Waals surface area contributed by atoms with Crippen molar-refractivity contribution in [2.75, 3.05) is 13.2 Å². The van der Waals surface area contributed by atoms with Gasteiger partial charge in [-0.2, -0.15) is 0 Å². The fourth-order valence-electron chi connectivity index (χ4n) is 2.04. The number of allylic oxidation sites excluding steroid dienone is 2. The first-order chi connectivity index (χ1) is 6.86. The van der Waals surface area contributed by atoms with Crippen LogP contribution in [-0.2, 0) is 14.3 Å². The van der Waals surface area contributed by atoms with Gasteiger partial charge in [-0.05, 0) is 12.0 Å². The number of hydrogen-bond donors (Lipinski definition) is 0. The smallest absolute Gasteiger partial charge is 0.130 e. The van der Waals surface area contributed by atoms with Crippen molar-refractivity contribution in [3.63, 3.8) is 0 Å². The largest absolute Gasteiger partial charge is 0.377 e. The number of ether oxygens (including phenoxy) is 1. The van der Waals surface area contributed by atoms with Gasteiger partial charge in [0.1, 0.15) is 12.6 Å². The molecule has 0 saturated heterocycles. The van der Waals surface area contributed by atoms with Crippen LogP contribution in [0.4, 0.5) is 0 Å². The van der Waals surface area contributed by atoms with Crippen LogP contribution in [-0.4, -0.2) is 25.8 Å². The first-order valence-electron chi connectivity index (χ1n) is 4.75. The second kappa shape index (κ2) is 3.88. The zero-order chi connectivity index (χ0) is 9.97. The van der Waals surface area contributed by atoms with Crippen LogP contribution in [0.2, 0.25) is 0 Å². The number of carbonyl (C=O) groups is 2. The molecule has 74 valence electrons. The van der Waals surface area contributed by atoms with Crippen molar-refractivity contribution in [2.24, 2.45) is 11.8 Å². The van der Waals surface area contributed by atoms with Gasteiger partial charge < -0.3 is 14.3 Å². The Bertz CT molecular complexity index is 284. The maximum Gasteiger partial charge on any atom is 0.130 e. The van der Waals surface area contributed by atoms with Crippen molar-refractivity contribution >= 4 is 12.6 Å². The van der Waals surface area contributed by atoms with E-state index in [0.717, 1.165) is 30.1 Å². The van der Waals surface area contributed by atoms with Gasteiger partial charge in [-0.25, -0.2) is 0 Å². The molecule has 0 aromatic rings. The number of rotatable bonds is 2. The van der Waals surface area contributed by atoms with Gasteiger partial charge in [0.05, 0.1) is 25.0 Å². The Labute approximate surface area is 82.4 Å². The van der Waals surface area contributed by atoms with E-state index in [9.17, 15) is 9.59 Å². The van der Waals surface area contributed by atoms with Gasteiger partial charge in [0.15, 0.2) is 0 Å². The Morgan fingerprint density at radius 2 is 1.79 bits per heavy atom. The SMILES string of the molecule is O=CC1C=CC(C=O)C2=C1CCOC2. The van der Waals surface area contributed by atoms with E-state index in [1.807, 2.05) is 6.08 Å². The molecule has 1 heterocycles. The van der Waals surface area contributed by atoms with Crippen LogP contribution in [0.25, 0.3) is 0 Å².